The Bertz CT molecular complexity index is 889. The normalized spacial score (nSPS) is 17.9. The predicted molar refractivity (Wildman–Crippen MR) is 131 cm³/mol. The zero-order valence-electron chi connectivity index (χ0n) is 18.9. The molecule has 0 N–H and O–H groups in total. The molecule has 0 saturated carbocycles. The Morgan fingerprint density at radius 2 is 1.42 bits per heavy atom. The molecular weight excluding hydrogens is 378 g/mol. The average molecular weight is 414 g/mol. The van der Waals surface area contributed by atoms with Gasteiger partial charge in [0.05, 0.1) is 0 Å². The molecule has 162 valence electrons. The number of nitrogens with zero attached hydrogens (tertiary/aromatic N) is 1. The lowest BCUT2D eigenvalue weighted by Crippen LogP contribution is -2.29. The summed E-state index contributed by atoms with van der Waals surface area (Å²) in [4.78, 5) is 0. The van der Waals surface area contributed by atoms with E-state index in [9.17, 15) is 5.26 Å². The second kappa shape index (κ2) is 12.3. The van der Waals surface area contributed by atoms with Crippen LogP contribution in [0.4, 0.5) is 0 Å². The van der Waals surface area contributed by atoms with Crippen molar-refractivity contribution in [3.05, 3.63) is 78.4 Å². The molecule has 0 amide bonds. The van der Waals surface area contributed by atoms with E-state index in [1.807, 2.05) is 18.2 Å². The number of allylic oxidation sites excluding steroid dienone is 2. The number of rotatable bonds is 12. The van der Waals surface area contributed by atoms with Crippen molar-refractivity contribution in [1.29, 1.82) is 5.26 Å². The van der Waals surface area contributed by atoms with Crippen LogP contribution in [0.1, 0.15) is 70.3 Å². The molecule has 0 aromatic heterocycles. The number of nitriles is 1. The molecule has 2 heteroatoms. The van der Waals surface area contributed by atoms with Gasteiger partial charge in [0.2, 0.25) is 0 Å². The van der Waals surface area contributed by atoms with Crippen LogP contribution in [0.25, 0.3) is 16.7 Å². The van der Waals surface area contributed by atoms with Crippen molar-refractivity contribution < 1.29 is 4.74 Å². The molecule has 2 nitrogen and oxygen atoms in total. The monoisotopic (exact) mass is 413 g/mol. The third kappa shape index (κ3) is 6.94. The average Bonchev–Trinajstić information content (AvgIpc) is 2.84. The van der Waals surface area contributed by atoms with E-state index in [0.29, 0.717) is 13.0 Å². The molecule has 0 aliphatic heterocycles. The van der Waals surface area contributed by atoms with Gasteiger partial charge in [-0.1, -0.05) is 119 Å². The van der Waals surface area contributed by atoms with Crippen molar-refractivity contribution in [2.24, 2.45) is 0 Å². The van der Waals surface area contributed by atoms with E-state index in [1.165, 1.54) is 61.6 Å². The first-order valence-corrected chi connectivity index (χ1v) is 11.9. The molecule has 1 aliphatic carbocycles. The molecule has 0 radical (unpaired) electrons. The Kier molecular flexibility index (Phi) is 9.13. The standard InChI is InChI=1S/C29H35NO/c1-2-3-4-5-6-7-8-12-23-31-29(24-30)21-19-28(20-22-29)27-17-15-26(16-18-27)25-13-10-9-11-14-25/h9-11,13-21H,2-8,12,22-23H2,1H3. The second-order valence-electron chi connectivity index (χ2n) is 8.46. The lowest BCUT2D eigenvalue weighted by atomic mass is 9.89. The van der Waals surface area contributed by atoms with E-state index in [0.717, 1.165) is 12.0 Å². The summed E-state index contributed by atoms with van der Waals surface area (Å²) in [5.74, 6) is 0. The fraction of sp³-hybridized carbons (Fsp3) is 0.414. The van der Waals surface area contributed by atoms with Gasteiger partial charge in [0.1, 0.15) is 6.07 Å². The van der Waals surface area contributed by atoms with Crippen molar-refractivity contribution in [2.45, 2.75) is 70.3 Å². The van der Waals surface area contributed by atoms with E-state index in [4.69, 9.17) is 4.74 Å². The number of unbranched alkanes of at least 4 members (excludes halogenated alkanes) is 7. The molecule has 1 unspecified atom stereocenters. The van der Waals surface area contributed by atoms with E-state index < -0.39 is 5.60 Å². The zero-order valence-corrected chi connectivity index (χ0v) is 18.9. The maximum atomic E-state index is 9.73. The highest BCUT2D eigenvalue weighted by atomic mass is 16.5. The summed E-state index contributed by atoms with van der Waals surface area (Å²) < 4.78 is 6.03. The van der Waals surface area contributed by atoms with Crippen LogP contribution < -0.4 is 0 Å². The Labute approximate surface area is 188 Å². The van der Waals surface area contributed by atoms with Crippen LogP contribution in [-0.4, -0.2) is 12.2 Å². The molecule has 0 fully saturated rings. The van der Waals surface area contributed by atoms with Crippen LogP contribution in [0.15, 0.2) is 72.8 Å². The minimum Gasteiger partial charge on any atom is -0.356 e. The largest absolute Gasteiger partial charge is 0.356 e. The molecule has 0 saturated heterocycles. The van der Waals surface area contributed by atoms with Gasteiger partial charge in [0.25, 0.3) is 0 Å². The van der Waals surface area contributed by atoms with Crippen molar-refractivity contribution in [1.82, 2.24) is 0 Å². The third-order valence-electron chi connectivity index (χ3n) is 6.03. The first-order chi connectivity index (χ1) is 15.3. The quantitative estimate of drug-likeness (QED) is 0.329. The van der Waals surface area contributed by atoms with Gasteiger partial charge in [-0.15, -0.1) is 0 Å². The van der Waals surface area contributed by atoms with E-state index in [1.54, 1.807) is 0 Å². The fourth-order valence-electron chi connectivity index (χ4n) is 4.03. The Morgan fingerprint density at radius 3 is 2.03 bits per heavy atom. The summed E-state index contributed by atoms with van der Waals surface area (Å²) in [6, 6.07) is 21.4. The van der Waals surface area contributed by atoms with Crippen LogP contribution in [0.5, 0.6) is 0 Å². The summed E-state index contributed by atoms with van der Waals surface area (Å²) >= 11 is 0. The molecule has 2 aromatic rings. The van der Waals surface area contributed by atoms with Gasteiger partial charge in [0, 0.05) is 13.0 Å². The molecule has 3 rings (SSSR count). The van der Waals surface area contributed by atoms with Crippen LogP contribution in [-0.2, 0) is 4.74 Å². The van der Waals surface area contributed by atoms with Crippen LogP contribution in [0, 0.1) is 11.3 Å². The number of hydrogen-bond donors (Lipinski definition) is 0. The fourth-order valence-corrected chi connectivity index (χ4v) is 4.03. The van der Waals surface area contributed by atoms with Crippen molar-refractivity contribution in [3.63, 3.8) is 0 Å². The first kappa shape index (κ1) is 23.0. The van der Waals surface area contributed by atoms with Crippen LogP contribution >= 0.6 is 0 Å². The number of ether oxygens (including phenoxy) is 1. The smallest absolute Gasteiger partial charge is 0.176 e. The molecular formula is C29H35NO. The van der Waals surface area contributed by atoms with E-state index in [-0.39, 0.29) is 0 Å². The molecule has 1 atom stereocenters. The Balaban J connectivity index is 1.45. The van der Waals surface area contributed by atoms with Gasteiger partial charge < -0.3 is 4.74 Å². The van der Waals surface area contributed by atoms with Crippen LogP contribution in [0.3, 0.4) is 0 Å². The number of hydrogen-bond acceptors (Lipinski definition) is 2. The summed E-state index contributed by atoms with van der Waals surface area (Å²) in [6.45, 7) is 2.91. The van der Waals surface area contributed by atoms with E-state index >= 15 is 0 Å². The predicted octanol–water partition coefficient (Wildman–Crippen LogP) is 8.12. The van der Waals surface area contributed by atoms with Gasteiger partial charge in [0.15, 0.2) is 5.60 Å². The number of benzene rings is 2. The Morgan fingerprint density at radius 1 is 0.806 bits per heavy atom. The minimum atomic E-state index is -0.811. The zero-order chi connectivity index (χ0) is 21.8. The van der Waals surface area contributed by atoms with Gasteiger partial charge in [-0.25, -0.2) is 0 Å². The summed E-state index contributed by atoms with van der Waals surface area (Å²) in [5.41, 5.74) is 3.95. The summed E-state index contributed by atoms with van der Waals surface area (Å²) in [6.07, 6.45) is 16.9. The SMILES string of the molecule is CCCCCCCCCCOC1(C#N)C=CC(c2ccc(-c3ccccc3)cc2)=CC1. The van der Waals surface area contributed by atoms with Crippen LogP contribution in [0.2, 0.25) is 0 Å². The topological polar surface area (TPSA) is 33.0 Å². The maximum absolute atomic E-state index is 9.73. The highest BCUT2D eigenvalue weighted by molar-refractivity contribution is 5.77. The lowest BCUT2D eigenvalue weighted by molar-refractivity contribution is 0.0323. The van der Waals surface area contributed by atoms with Gasteiger partial charge in [-0.3, -0.25) is 0 Å². The van der Waals surface area contributed by atoms with E-state index in [2.05, 4.69) is 67.6 Å². The Hall–Kier alpha value is -2.63. The highest BCUT2D eigenvalue weighted by Crippen LogP contribution is 2.30. The lowest BCUT2D eigenvalue weighted by Gasteiger charge is -2.25. The van der Waals surface area contributed by atoms with Gasteiger partial charge in [-0.2, -0.15) is 5.26 Å². The van der Waals surface area contributed by atoms with Crippen molar-refractivity contribution >= 4 is 5.57 Å². The molecule has 0 bridgehead atoms. The van der Waals surface area contributed by atoms with Gasteiger partial charge >= 0.3 is 0 Å². The first-order valence-electron chi connectivity index (χ1n) is 11.9. The molecule has 0 heterocycles. The van der Waals surface area contributed by atoms with Gasteiger partial charge in [-0.05, 0) is 34.8 Å². The molecule has 2 aromatic carbocycles. The molecule has 0 spiro atoms. The minimum absolute atomic E-state index is 0.604. The highest BCUT2D eigenvalue weighted by Gasteiger charge is 2.29. The second-order valence-corrected chi connectivity index (χ2v) is 8.46. The van der Waals surface area contributed by atoms with Crippen molar-refractivity contribution in [2.75, 3.05) is 6.61 Å². The maximum Gasteiger partial charge on any atom is 0.176 e. The molecule has 31 heavy (non-hydrogen) atoms. The summed E-state index contributed by atoms with van der Waals surface area (Å²) in [7, 11) is 0. The third-order valence-corrected chi connectivity index (χ3v) is 6.03. The summed E-state index contributed by atoms with van der Waals surface area (Å²) in [5, 5.41) is 9.73. The molecule has 1 aliphatic rings. The van der Waals surface area contributed by atoms with Crippen molar-refractivity contribution in [3.8, 4) is 17.2 Å².